The Bertz CT molecular complexity index is 722. The normalized spacial score (nSPS) is 15.6. The summed E-state index contributed by atoms with van der Waals surface area (Å²) in [6.07, 6.45) is 1.62. The number of pyridine rings is 1. The maximum absolute atomic E-state index is 11.2. The molecular weight excluding hydrogens is 316 g/mol. The average Bonchev–Trinajstić information content (AvgIpc) is 2.63. The molecule has 0 spiro atoms. The van der Waals surface area contributed by atoms with Gasteiger partial charge in [0.15, 0.2) is 0 Å². The van der Waals surface area contributed by atoms with Gasteiger partial charge in [-0.3, -0.25) is 15.0 Å². The molecule has 0 saturated carbocycles. The van der Waals surface area contributed by atoms with Crippen LogP contribution in [0.15, 0.2) is 42.6 Å². The van der Waals surface area contributed by atoms with Crippen LogP contribution in [-0.2, 0) is 6.54 Å². The van der Waals surface area contributed by atoms with Crippen LogP contribution in [0.25, 0.3) is 0 Å². The molecule has 0 atom stereocenters. The highest BCUT2D eigenvalue weighted by molar-refractivity contribution is 5.57. The SMILES string of the molecule is CC(C)c1ccc(CN2CCN(c3ncccc3[N+](=O)[O-])CC2)cc1. The molecule has 0 radical (unpaired) electrons. The molecule has 1 aliphatic heterocycles. The van der Waals surface area contributed by atoms with Gasteiger partial charge in [-0.15, -0.1) is 0 Å². The molecule has 0 amide bonds. The molecule has 1 saturated heterocycles. The van der Waals surface area contributed by atoms with Gasteiger partial charge in [-0.1, -0.05) is 38.1 Å². The summed E-state index contributed by atoms with van der Waals surface area (Å²) in [6, 6.07) is 11.9. The lowest BCUT2D eigenvalue weighted by molar-refractivity contribution is -0.384. The molecule has 0 bridgehead atoms. The molecule has 25 heavy (non-hydrogen) atoms. The number of piperazine rings is 1. The Labute approximate surface area is 148 Å². The first kappa shape index (κ1) is 17.4. The standard InChI is InChI=1S/C19H24N4O2/c1-15(2)17-7-5-16(6-8-17)14-21-10-12-22(13-11-21)19-18(23(24)25)4-3-9-20-19/h3-9,15H,10-14H2,1-2H3. The molecule has 2 aromatic rings. The van der Waals surface area contributed by atoms with E-state index in [9.17, 15) is 10.1 Å². The summed E-state index contributed by atoms with van der Waals surface area (Å²) in [4.78, 5) is 19.4. The molecule has 2 heterocycles. The summed E-state index contributed by atoms with van der Waals surface area (Å²) in [5.74, 6) is 1.03. The predicted molar refractivity (Wildman–Crippen MR) is 98.9 cm³/mol. The first-order valence-corrected chi connectivity index (χ1v) is 8.70. The van der Waals surface area contributed by atoms with Gasteiger partial charge in [-0.2, -0.15) is 0 Å². The fraction of sp³-hybridized carbons (Fsp3) is 0.421. The van der Waals surface area contributed by atoms with Crippen molar-refractivity contribution in [3.63, 3.8) is 0 Å². The summed E-state index contributed by atoms with van der Waals surface area (Å²) in [6.45, 7) is 8.57. The van der Waals surface area contributed by atoms with E-state index >= 15 is 0 Å². The lowest BCUT2D eigenvalue weighted by Gasteiger charge is -2.35. The Morgan fingerprint density at radius 3 is 2.40 bits per heavy atom. The summed E-state index contributed by atoms with van der Waals surface area (Å²) >= 11 is 0. The van der Waals surface area contributed by atoms with Crippen LogP contribution >= 0.6 is 0 Å². The zero-order valence-corrected chi connectivity index (χ0v) is 14.8. The van der Waals surface area contributed by atoms with Crippen LogP contribution in [0.3, 0.4) is 0 Å². The van der Waals surface area contributed by atoms with Gasteiger partial charge in [0.2, 0.25) is 5.82 Å². The van der Waals surface area contributed by atoms with Crippen LogP contribution < -0.4 is 4.90 Å². The van der Waals surface area contributed by atoms with E-state index < -0.39 is 0 Å². The van der Waals surface area contributed by atoms with Crippen LogP contribution in [-0.4, -0.2) is 41.0 Å². The quantitative estimate of drug-likeness (QED) is 0.616. The minimum atomic E-state index is -0.356. The Kier molecular flexibility index (Phi) is 5.28. The highest BCUT2D eigenvalue weighted by Gasteiger charge is 2.24. The van der Waals surface area contributed by atoms with Crippen molar-refractivity contribution in [2.45, 2.75) is 26.3 Å². The largest absolute Gasteiger partial charge is 0.348 e. The zero-order chi connectivity index (χ0) is 17.8. The minimum absolute atomic E-state index is 0.0835. The van der Waals surface area contributed by atoms with Crippen LogP contribution in [0.1, 0.15) is 30.9 Å². The Hall–Kier alpha value is -2.47. The van der Waals surface area contributed by atoms with E-state index in [4.69, 9.17) is 0 Å². The average molecular weight is 340 g/mol. The monoisotopic (exact) mass is 340 g/mol. The van der Waals surface area contributed by atoms with Crippen molar-refractivity contribution < 1.29 is 4.92 Å². The predicted octanol–water partition coefficient (Wildman–Crippen LogP) is 3.44. The Balaban J connectivity index is 1.60. The van der Waals surface area contributed by atoms with E-state index in [-0.39, 0.29) is 10.6 Å². The van der Waals surface area contributed by atoms with Crippen molar-refractivity contribution in [1.29, 1.82) is 0 Å². The number of hydrogen-bond acceptors (Lipinski definition) is 5. The number of nitrogens with zero attached hydrogens (tertiary/aromatic N) is 4. The van der Waals surface area contributed by atoms with Gasteiger partial charge in [0.25, 0.3) is 0 Å². The molecule has 6 heteroatoms. The second-order valence-electron chi connectivity index (χ2n) is 6.76. The van der Waals surface area contributed by atoms with Gasteiger partial charge < -0.3 is 4.90 Å². The molecule has 1 aromatic carbocycles. The first-order chi connectivity index (χ1) is 12.0. The Morgan fingerprint density at radius 1 is 1.12 bits per heavy atom. The fourth-order valence-corrected chi connectivity index (χ4v) is 3.16. The van der Waals surface area contributed by atoms with Gasteiger partial charge >= 0.3 is 5.69 Å². The molecule has 3 rings (SSSR count). The number of hydrogen-bond donors (Lipinski definition) is 0. The third-order valence-corrected chi connectivity index (χ3v) is 4.69. The first-order valence-electron chi connectivity index (χ1n) is 8.70. The number of benzene rings is 1. The van der Waals surface area contributed by atoms with Gasteiger partial charge in [-0.05, 0) is 23.1 Å². The molecule has 1 fully saturated rings. The van der Waals surface area contributed by atoms with Gasteiger partial charge in [-0.25, -0.2) is 4.98 Å². The van der Waals surface area contributed by atoms with Crippen molar-refractivity contribution in [3.8, 4) is 0 Å². The van der Waals surface area contributed by atoms with Crippen molar-refractivity contribution in [3.05, 3.63) is 63.8 Å². The highest BCUT2D eigenvalue weighted by atomic mass is 16.6. The molecular formula is C19H24N4O2. The minimum Gasteiger partial charge on any atom is -0.348 e. The van der Waals surface area contributed by atoms with Crippen molar-refractivity contribution in [2.24, 2.45) is 0 Å². The summed E-state index contributed by atoms with van der Waals surface area (Å²) < 4.78 is 0. The number of rotatable bonds is 5. The molecule has 1 aliphatic rings. The Morgan fingerprint density at radius 2 is 1.80 bits per heavy atom. The van der Waals surface area contributed by atoms with E-state index in [1.165, 1.54) is 17.2 Å². The molecule has 0 aliphatic carbocycles. The van der Waals surface area contributed by atoms with Crippen molar-refractivity contribution >= 4 is 11.5 Å². The lowest BCUT2D eigenvalue weighted by atomic mass is 10.0. The molecule has 1 aromatic heterocycles. The van der Waals surface area contributed by atoms with E-state index in [1.54, 1.807) is 12.3 Å². The molecule has 6 nitrogen and oxygen atoms in total. The van der Waals surface area contributed by atoms with Crippen molar-refractivity contribution in [2.75, 3.05) is 31.1 Å². The zero-order valence-electron chi connectivity index (χ0n) is 14.8. The fourth-order valence-electron chi connectivity index (χ4n) is 3.16. The van der Waals surface area contributed by atoms with Crippen molar-refractivity contribution in [1.82, 2.24) is 9.88 Å². The highest BCUT2D eigenvalue weighted by Crippen LogP contribution is 2.26. The third kappa shape index (κ3) is 4.14. The van der Waals surface area contributed by atoms with E-state index in [2.05, 4.69) is 48.0 Å². The van der Waals surface area contributed by atoms with E-state index in [1.807, 2.05) is 4.90 Å². The number of aromatic nitrogens is 1. The summed E-state index contributed by atoms with van der Waals surface area (Å²) in [7, 11) is 0. The smallest absolute Gasteiger partial charge is 0.311 e. The second kappa shape index (κ2) is 7.61. The molecule has 0 N–H and O–H groups in total. The lowest BCUT2D eigenvalue weighted by Crippen LogP contribution is -2.46. The maximum Gasteiger partial charge on any atom is 0.311 e. The van der Waals surface area contributed by atoms with Gasteiger partial charge in [0, 0.05) is 45.0 Å². The van der Waals surface area contributed by atoms with Crippen LogP contribution in [0, 0.1) is 10.1 Å². The van der Waals surface area contributed by atoms with E-state index in [0.29, 0.717) is 11.7 Å². The summed E-state index contributed by atoms with van der Waals surface area (Å²) in [5.41, 5.74) is 2.75. The van der Waals surface area contributed by atoms with Crippen LogP contribution in [0.2, 0.25) is 0 Å². The topological polar surface area (TPSA) is 62.5 Å². The maximum atomic E-state index is 11.2. The van der Waals surface area contributed by atoms with Gasteiger partial charge in [0.05, 0.1) is 4.92 Å². The molecule has 0 unspecified atom stereocenters. The van der Waals surface area contributed by atoms with Gasteiger partial charge in [0.1, 0.15) is 0 Å². The second-order valence-corrected chi connectivity index (χ2v) is 6.76. The molecule has 132 valence electrons. The van der Waals surface area contributed by atoms with Crippen LogP contribution in [0.4, 0.5) is 11.5 Å². The summed E-state index contributed by atoms with van der Waals surface area (Å²) in [5, 5.41) is 11.2. The third-order valence-electron chi connectivity index (χ3n) is 4.69. The number of anilines is 1. The number of nitro groups is 1. The van der Waals surface area contributed by atoms with Crippen LogP contribution in [0.5, 0.6) is 0 Å². The van der Waals surface area contributed by atoms with E-state index in [0.717, 1.165) is 32.7 Å².